The van der Waals surface area contributed by atoms with E-state index in [0.29, 0.717) is 5.92 Å². The fraction of sp³-hybridized carbons (Fsp3) is 0.235. The number of carbonyl (C=O) groups is 1. The molecule has 3 nitrogen and oxygen atoms in total. The third kappa shape index (κ3) is 3.39. The van der Waals surface area contributed by atoms with E-state index in [1.807, 2.05) is 36.0 Å². The number of thioether (sulfide) groups is 1. The summed E-state index contributed by atoms with van der Waals surface area (Å²) >= 11 is 1.93. The summed E-state index contributed by atoms with van der Waals surface area (Å²) in [7, 11) is 0. The van der Waals surface area contributed by atoms with E-state index in [0.717, 1.165) is 23.7 Å². The van der Waals surface area contributed by atoms with Crippen molar-refractivity contribution in [3.05, 3.63) is 54.1 Å². The van der Waals surface area contributed by atoms with Gasteiger partial charge in [-0.25, -0.2) is 0 Å². The van der Waals surface area contributed by atoms with Gasteiger partial charge < -0.3 is 10.6 Å². The van der Waals surface area contributed by atoms with Crippen molar-refractivity contribution in [2.75, 3.05) is 22.9 Å². The Kier molecular flexibility index (Phi) is 4.15. The Hall–Kier alpha value is -1.94. The van der Waals surface area contributed by atoms with Crippen molar-refractivity contribution in [3.8, 4) is 0 Å². The van der Waals surface area contributed by atoms with Crippen LogP contribution in [-0.4, -0.2) is 18.2 Å². The minimum Gasteiger partial charge on any atom is -0.384 e. The highest BCUT2D eigenvalue weighted by Crippen LogP contribution is 2.39. The molecule has 0 radical (unpaired) electrons. The van der Waals surface area contributed by atoms with Crippen molar-refractivity contribution in [2.45, 2.75) is 17.7 Å². The van der Waals surface area contributed by atoms with E-state index in [1.165, 1.54) is 17.4 Å². The molecule has 1 atom stereocenters. The van der Waals surface area contributed by atoms with Crippen molar-refractivity contribution >= 4 is 29.0 Å². The van der Waals surface area contributed by atoms with E-state index >= 15 is 0 Å². The smallest absolute Gasteiger partial charge is 0.221 e. The Morgan fingerprint density at radius 3 is 2.86 bits per heavy atom. The average Bonchev–Trinajstić information content (AvgIpc) is 2.88. The Bertz CT molecular complexity index is 657. The molecule has 2 N–H and O–H groups in total. The first kappa shape index (κ1) is 14.0. The molecule has 1 aliphatic rings. The average molecular weight is 298 g/mol. The van der Waals surface area contributed by atoms with Gasteiger partial charge >= 0.3 is 0 Å². The van der Waals surface area contributed by atoms with Gasteiger partial charge in [0.25, 0.3) is 0 Å². The first-order valence-corrected chi connectivity index (χ1v) is 8.04. The molecule has 2 aromatic carbocycles. The third-order valence-corrected chi connectivity index (χ3v) is 4.79. The fourth-order valence-corrected chi connectivity index (χ4v) is 3.80. The maximum absolute atomic E-state index is 11.1. The number of hydrogen-bond donors (Lipinski definition) is 2. The molecule has 0 bridgehead atoms. The summed E-state index contributed by atoms with van der Waals surface area (Å²) in [4.78, 5) is 12.5. The van der Waals surface area contributed by atoms with Gasteiger partial charge in [-0.3, -0.25) is 4.79 Å². The van der Waals surface area contributed by atoms with Crippen molar-refractivity contribution in [3.63, 3.8) is 0 Å². The van der Waals surface area contributed by atoms with Crippen molar-refractivity contribution in [2.24, 2.45) is 0 Å². The number of benzene rings is 2. The summed E-state index contributed by atoms with van der Waals surface area (Å²) in [6.45, 7) is 2.43. The molecular weight excluding hydrogens is 280 g/mol. The van der Waals surface area contributed by atoms with Gasteiger partial charge in [0.1, 0.15) is 0 Å². The molecule has 1 unspecified atom stereocenters. The molecule has 0 aliphatic carbocycles. The molecule has 0 spiro atoms. The standard InChI is InChI=1S/C17H18N2OS/c1-12(20)19-15-6-4-5-14(9-15)18-10-13-11-21-17-8-3-2-7-16(13)17/h2-9,13,18H,10-11H2,1H3,(H,19,20). The second kappa shape index (κ2) is 6.22. The summed E-state index contributed by atoms with van der Waals surface area (Å²) in [6, 6.07) is 16.5. The van der Waals surface area contributed by atoms with E-state index in [2.05, 4.69) is 34.9 Å². The number of anilines is 2. The lowest BCUT2D eigenvalue weighted by Gasteiger charge is -2.14. The number of fused-ring (bicyclic) bond motifs is 1. The minimum absolute atomic E-state index is 0.0479. The SMILES string of the molecule is CC(=O)Nc1cccc(NCC2CSc3ccccc32)c1. The first-order valence-electron chi connectivity index (χ1n) is 7.05. The zero-order valence-corrected chi connectivity index (χ0v) is 12.7. The van der Waals surface area contributed by atoms with E-state index in [9.17, 15) is 4.79 Å². The predicted octanol–water partition coefficient (Wildman–Crippen LogP) is 3.95. The number of nitrogens with one attached hydrogen (secondary N) is 2. The molecule has 21 heavy (non-hydrogen) atoms. The quantitative estimate of drug-likeness (QED) is 0.898. The van der Waals surface area contributed by atoms with Gasteiger partial charge in [-0.15, -0.1) is 11.8 Å². The lowest BCUT2D eigenvalue weighted by atomic mass is 10.0. The highest BCUT2D eigenvalue weighted by Gasteiger charge is 2.22. The minimum atomic E-state index is -0.0479. The van der Waals surface area contributed by atoms with E-state index < -0.39 is 0 Å². The Morgan fingerprint density at radius 2 is 2.00 bits per heavy atom. The predicted molar refractivity (Wildman–Crippen MR) is 89.1 cm³/mol. The van der Waals surface area contributed by atoms with Gasteiger partial charge in [0.05, 0.1) is 0 Å². The van der Waals surface area contributed by atoms with Crippen molar-refractivity contribution in [1.29, 1.82) is 0 Å². The lowest BCUT2D eigenvalue weighted by molar-refractivity contribution is -0.114. The van der Waals surface area contributed by atoms with Gasteiger partial charge in [-0.2, -0.15) is 0 Å². The molecule has 0 saturated heterocycles. The number of carbonyl (C=O) groups excluding carboxylic acids is 1. The number of amides is 1. The summed E-state index contributed by atoms with van der Waals surface area (Å²) in [5.41, 5.74) is 3.30. The maximum atomic E-state index is 11.1. The Balaban J connectivity index is 1.65. The highest BCUT2D eigenvalue weighted by molar-refractivity contribution is 7.99. The molecule has 0 saturated carbocycles. The van der Waals surface area contributed by atoms with Gasteiger partial charge in [-0.1, -0.05) is 24.3 Å². The third-order valence-electron chi connectivity index (χ3n) is 3.53. The monoisotopic (exact) mass is 298 g/mol. The molecule has 0 fully saturated rings. The molecule has 4 heteroatoms. The van der Waals surface area contributed by atoms with Crippen LogP contribution in [0.15, 0.2) is 53.4 Å². The van der Waals surface area contributed by atoms with Crippen molar-refractivity contribution in [1.82, 2.24) is 0 Å². The molecule has 1 aliphatic heterocycles. The van der Waals surface area contributed by atoms with Crippen LogP contribution in [0, 0.1) is 0 Å². The summed E-state index contributed by atoms with van der Waals surface area (Å²) in [6.07, 6.45) is 0. The molecule has 1 amide bonds. The number of hydrogen-bond acceptors (Lipinski definition) is 3. The largest absolute Gasteiger partial charge is 0.384 e. The summed E-state index contributed by atoms with van der Waals surface area (Å²) < 4.78 is 0. The lowest BCUT2D eigenvalue weighted by Crippen LogP contribution is -2.12. The van der Waals surface area contributed by atoms with Crippen LogP contribution in [0.2, 0.25) is 0 Å². The van der Waals surface area contributed by atoms with E-state index in [1.54, 1.807) is 0 Å². The fourth-order valence-electron chi connectivity index (χ4n) is 2.55. The van der Waals surface area contributed by atoms with E-state index in [4.69, 9.17) is 0 Å². The Morgan fingerprint density at radius 1 is 1.19 bits per heavy atom. The molecule has 0 aromatic heterocycles. The van der Waals surface area contributed by atoms with Crippen LogP contribution in [0.1, 0.15) is 18.4 Å². The first-order chi connectivity index (χ1) is 10.2. The van der Waals surface area contributed by atoms with Gasteiger partial charge in [0, 0.05) is 41.4 Å². The second-order valence-corrected chi connectivity index (χ2v) is 6.25. The zero-order chi connectivity index (χ0) is 14.7. The van der Waals surface area contributed by atoms with Crippen molar-refractivity contribution < 1.29 is 4.79 Å². The van der Waals surface area contributed by atoms with Gasteiger partial charge in [-0.05, 0) is 29.8 Å². The van der Waals surface area contributed by atoms with Crippen LogP contribution in [0.3, 0.4) is 0 Å². The molecule has 2 aromatic rings. The summed E-state index contributed by atoms with van der Waals surface area (Å²) in [5, 5.41) is 6.28. The molecular formula is C17H18N2OS. The topological polar surface area (TPSA) is 41.1 Å². The maximum Gasteiger partial charge on any atom is 0.221 e. The van der Waals surface area contributed by atoms with Crippen LogP contribution < -0.4 is 10.6 Å². The summed E-state index contributed by atoms with van der Waals surface area (Å²) in [5.74, 6) is 1.61. The number of rotatable bonds is 4. The zero-order valence-electron chi connectivity index (χ0n) is 11.9. The Labute approximate surface area is 129 Å². The van der Waals surface area contributed by atoms with E-state index in [-0.39, 0.29) is 5.91 Å². The van der Waals surface area contributed by atoms with Crippen LogP contribution in [0.4, 0.5) is 11.4 Å². The van der Waals surface area contributed by atoms with Gasteiger partial charge in [0.2, 0.25) is 5.91 Å². The normalized spacial score (nSPS) is 16.3. The van der Waals surface area contributed by atoms with Crippen LogP contribution in [0.5, 0.6) is 0 Å². The van der Waals surface area contributed by atoms with Crippen LogP contribution in [0.25, 0.3) is 0 Å². The second-order valence-electron chi connectivity index (χ2n) is 5.19. The highest BCUT2D eigenvalue weighted by atomic mass is 32.2. The van der Waals surface area contributed by atoms with Crippen LogP contribution in [-0.2, 0) is 4.79 Å². The molecule has 3 rings (SSSR count). The van der Waals surface area contributed by atoms with Gasteiger partial charge in [0.15, 0.2) is 0 Å². The molecule has 1 heterocycles. The van der Waals surface area contributed by atoms with Crippen LogP contribution >= 0.6 is 11.8 Å². The molecule has 108 valence electrons.